The molecule has 138 valence electrons. The SMILES string of the molecule is CC(C)[Si](OC[C@@H]1C=C[C@H](/C=C/c2ccccc2)N1)(C(C)C)C(C)C. The van der Waals surface area contributed by atoms with Gasteiger partial charge in [0.25, 0.3) is 0 Å². The lowest BCUT2D eigenvalue weighted by molar-refractivity contribution is 0.256. The second-order valence-corrected chi connectivity index (χ2v) is 13.5. The highest BCUT2D eigenvalue weighted by molar-refractivity contribution is 6.77. The fourth-order valence-corrected chi connectivity index (χ4v) is 9.82. The lowest BCUT2D eigenvalue weighted by atomic mass is 10.2. The second kappa shape index (κ2) is 8.97. The van der Waals surface area contributed by atoms with Crippen LogP contribution in [0.5, 0.6) is 0 Å². The third-order valence-electron chi connectivity index (χ3n) is 5.47. The largest absolute Gasteiger partial charge is 0.414 e. The number of hydrogen-bond acceptors (Lipinski definition) is 2. The van der Waals surface area contributed by atoms with E-state index in [9.17, 15) is 0 Å². The molecule has 1 N–H and O–H groups in total. The lowest BCUT2D eigenvalue weighted by Crippen LogP contribution is -2.50. The third kappa shape index (κ3) is 4.93. The Hall–Kier alpha value is -1.16. The molecule has 1 aliphatic heterocycles. The highest BCUT2D eigenvalue weighted by atomic mass is 28.4. The van der Waals surface area contributed by atoms with Crippen LogP contribution in [-0.4, -0.2) is 27.0 Å². The van der Waals surface area contributed by atoms with Crippen molar-refractivity contribution >= 4 is 14.4 Å². The summed E-state index contributed by atoms with van der Waals surface area (Å²) in [5.74, 6) is 0. The molecule has 0 unspecified atom stereocenters. The molecule has 2 rings (SSSR count). The standard InChI is InChI=1S/C22H35NOSi/c1-17(2)25(18(3)4,19(5)6)24-16-22-15-14-21(23-22)13-12-20-10-8-7-9-11-20/h7-15,17-19,21-23H,16H2,1-6H3/b13-12+/t21-,22-/m0/s1. The van der Waals surface area contributed by atoms with Gasteiger partial charge < -0.3 is 4.43 Å². The van der Waals surface area contributed by atoms with Crippen molar-refractivity contribution in [1.82, 2.24) is 5.32 Å². The van der Waals surface area contributed by atoms with Gasteiger partial charge in [-0.05, 0) is 22.2 Å². The molecule has 0 saturated carbocycles. The molecule has 0 fully saturated rings. The van der Waals surface area contributed by atoms with Crippen molar-refractivity contribution in [3.8, 4) is 0 Å². The smallest absolute Gasteiger partial charge is 0.200 e. The minimum Gasteiger partial charge on any atom is -0.414 e. The van der Waals surface area contributed by atoms with Gasteiger partial charge in [0.05, 0.1) is 6.61 Å². The maximum Gasteiger partial charge on any atom is 0.200 e. The highest BCUT2D eigenvalue weighted by Gasteiger charge is 2.45. The first-order chi connectivity index (χ1) is 11.9. The summed E-state index contributed by atoms with van der Waals surface area (Å²) in [6.07, 6.45) is 8.92. The van der Waals surface area contributed by atoms with Crippen molar-refractivity contribution in [1.29, 1.82) is 0 Å². The quantitative estimate of drug-likeness (QED) is 0.470. The number of benzene rings is 1. The fourth-order valence-electron chi connectivity index (χ4n) is 4.35. The predicted molar refractivity (Wildman–Crippen MR) is 112 cm³/mol. The molecule has 1 heterocycles. The van der Waals surface area contributed by atoms with Gasteiger partial charge in [-0.15, -0.1) is 0 Å². The molecule has 1 aromatic rings. The Morgan fingerprint density at radius 1 is 0.960 bits per heavy atom. The van der Waals surface area contributed by atoms with Gasteiger partial charge in [0.15, 0.2) is 8.32 Å². The fraction of sp³-hybridized carbons (Fsp3) is 0.545. The Morgan fingerprint density at radius 3 is 2.12 bits per heavy atom. The van der Waals surface area contributed by atoms with E-state index in [4.69, 9.17) is 4.43 Å². The molecule has 1 aliphatic rings. The molecule has 0 spiro atoms. The first-order valence-electron chi connectivity index (χ1n) is 9.67. The van der Waals surface area contributed by atoms with Crippen molar-refractivity contribution < 1.29 is 4.43 Å². The Bertz CT molecular complexity index is 555. The minimum absolute atomic E-state index is 0.294. The summed E-state index contributed by atoms with van der Waals surface area (Å²) in [5, 5.41) is 3.65. The van der Waals surface area contributed by atoms with E-state index in [0.717, 1.165) is 6.61 Å². The van der Waals surface area contributed by atoms with Gasteiger partial charge in [-0.25, -0.2) is 0 Å². The zero-order valence-electron chi connectivity index (χ0n) is 16.7. The maximum absolute atomic E-state index is 6.71. The average molecular weight is 358 g/mol. The average Bonchev–Trinajstić information content (AvgIpc) is 3.01. The van der Waals surface area contributed by atoms with Gasteiger partial charge in [-0.2, -0.15) is 0 Å². The Balaban J connectivity index is 1.92. The van der Waals surface area contributed by atoms with Crippen LogP contribution in [0.25, 0.3) is 6.08 Å². The molecule has 0 aromatic heterocycles. The molecular formula is C22H35NOSi. The van der Waals surface area contributed by atoms with E-state index in [1.54, 1.807) is 0 Å². The van der Waals surface area contributed by atoms with Crippen molar-refractivity contribution in [2.75, 3.05) is 6.61 Å². The molecule has 25 heavy (non-hydrogen) atoms. The van der Waals surface area contributed by atoms with E-state index in [2.05, 4.69) is 95.4 Å². The van der Waals surface area contributed by atoms with Crippen molar-refractivity contribution in [3.05, 3.63) is 54.1 Å². The Kier molecular flexibility index (Phi) is 7.23. The monoisotopic (exact) mass is 357 g/mol. The van der Waals surface area contributed by atoms with Gasteiger partial charge in [0.2, 0.25) is 0 Å². The van der Waals surface area contributed by atoms with Crippen LogP contribution in [0.15, 0.2) is 48.6 Å². The molecule has 3 heteroatoms. The van der Waals surface area contributed by atoms with Crippen molar-refractivity contribution in [3.63, 3.8) is 0 Å². The van der Waals surface area contributed by atoms with Crippen LogP contribution in [0.4, 0.5) is 0 Å². The molecule has 0 saturated heterocycles. The zero-order valence-corrected chi connectivity index (χ0v) is 17.7. The van der Waals surface area contributed by atoms with E-state index in [1.807, 2.05) is 6.07 Å². The number of nitrogens with one attached hydrogen (secondary N) is 1. The van der Waals surface area contributed by atoms with Crippen LogP contribution >= 0.6 is 0 Å². The lowest BCUT2D eigenvalue weighted by Gasteiger charge is -2.42. The summed E-state index contributed by atoms with van der Waals surface area (Å²) in [6, 6.07) is 11.1. The molecule has 2 atom stereocenters. The predicted octanol–water partition coefficient (Wildman–Crippen LogP) is 5.79. The van der Waals surface area contributed by atoms with Gasteiger partial charge in [-0.3, -0.25) is 5.32 Å². The first kappa shape index (κ1) is 20.2. The van der Waals surface area contributed by atoms with Gasteiger partial charge >= 0.3 is 0 Å². The van der Waals surface area contributed by atoms with E-state index in [-0.39, 0.29) is 0 Å². The van der Waals surface area contributed by atoms with Gasteiger partial charge in [0.1, 0.15) is 0 Å². The molecule has 0 amide bonds. The zero-order chi connectivity index (χ0) is 18.4. The van der Waals surface area contributed by atoms with E-state index in [1.165, 1.54) is 5.56 Å². The van der Waals surface area contributed by atoms with Crippen LogP contribution in [0.1, 0.15) is 47.1 Å². The van der Waals surface area contributed by atoms with Gasteiger partial charge in [-0.1, -0.05) is 96.2 Å². The number of hydrogen-bond donors (Lipinski definition) is 1. The van der Waals surface area contributed by atoms with Crippen LogP contribution in [0.2, 0.25) is 16.6 Å². The summed E-state index contributed by atoms with van der Waals surface area (Å²) in [4.78, 5) is 0. The van der Waals surface area contributed by atoms with Crippen molar-refractivity contribution in [2.24, 2.45) is 0 Å². The van der Waals surface area contributed by atoms with Crippen LogP contribution < -0.4 is 5.32 Å². The van der Waals surface area contributed by atoms with Gasteiger partial charge in [0, 0.05) is 12.1 Å². The normalized spacial score (nSPS) is 21.3. The molecule has 0 radical (unpaired) electrons. The van der Waals surface area contributed by atoms with Crippen LogP contribution in [0, 0.1) is 0 Å². The third-order valence-corrected chi connectivity index (χ3v) is 11.6. The highest BCUT2D eigenvalue weighted by Crippen LogP contribution is 2.42. The Morgan fingerprint density at radius 2 is 1.56 bits per heavy atom. The van der Waals surface area contributed by atoms with Crippen LogP contribution in [-0.2, 0) is 4.43 Å². The summed E-state index contributed by atoms with van der Waals surface area (Å²) in [5.41, 5.74) is 3.13. The van der Waals surface area contributed by atoms with Crippen LogP contribution in [0.3, 0.4) is 0 Å². The summed E-state index contributed by atoms with van der Waals surface area (Å²) in [7, 11) is -1.78. The summed E-state index contributed by atoms with van der Waals surface area (Å²) in [6.45, 7) is 14.8. The molecule has 1 aromatic carbocycles. The molecular weight excluding hydrogens is 322 g/mol. The molecule has 0 bridgehead atoms. The number of rotatable bonds is 8. The second-order valence-electron chi connectivity index (χ2n) is 8.08. The molecule has 0 aliphatic carbocycles. The summed E-state index contributed by atoms with van der Waals surface area (Å²) >= 11 is 0. The summed E-state index contributed by atoms with van der Waals surface area (Å²) < 4.78 is 6.71. The van der Waals surface area contributed by atoms with E-state index >= 15 is 0 Å². The topological polar surface area (TPSA) is 21.3 Å². The first-order valence-corrected chi connectivity index (χ1v) is 11.8. The van der Waals surface area contributed by atoms with Crippen molar-refractivity contribution in [2.45, 2.75) is 70.2 Å². The Labute approximate surface area is 155 Å². The minimum atomic E-state index is -1.78. The van der Waals surface area contributed by atoms with E-state index < -0.39 is 8.32 Å². The maximum atomic E-state index is 6.71. The van der Waals surface area contributed by atoms with E-state index in [0.29, 0.717) is 28.7 Å². The molecule has 2 nitrogen and oxygen atoms in total.